The van der Waals surface area contributed by atoms with Crippen LogP contribution < -0.4 is 14.8 Å². The van der Waals surface area contributed by atoms with Gasteiger partial charge >= 0.3 is 0 Å². The molecule has 2 N–H and O–H groups in total. The lowest BCUT2D eigenvalue weighted by Gasteiger charge is -2.14. The Balaban J connectivity index is 2.65. The van der Waals surface area contributed by atoms with Gasteiger partial charge in [-0.25, -0.2) is 0 Å². The Kier molecular flexibility index (Phi) is 6.04. The lowest BCUT2D eigenvalue weighted by molar-refractivity contribution is -0.384. The second-order valence-corrected chi connectivity index (χ2v) is 3.86. The SMILES string of the molecule is CCNCC(O)COc1ccc([N+](=O)[O-])cc1OC. The molecule has 1 unspecified atom stereocenters. The van der Waals surface area contributed by atoms with Gasteiger partial charge in [0, 0.05) is 12.6 Å². The van der Waals surface area contributed by atoms with E-state index in [1.807, 2.05) is 6.92 Å². The van der Waals surface area contributed by atoms with Gasteiger partial charge in [-0.2, -0.15) is 0 Å². The number of nitrogens with zero attached hydrogens (tertiary/aromatic N) is 1. The first-order chi connectivity index (χ1) is 9.08. The minimum Gasteiger partial charge on any atom is -0.493 e. The molecule has 0 aromatic heterocycles. The summed E-state index contributed by atoms with van der Waals surface area (Å²) in [6.45, 7) is 3.21. The van der Waals surface area contributed by atoms with E-state index in [1.165, 1.54) is 25.3 Å². The molecule has 1 aromatic rings. The Morgan fingerprint density at radius 2 is 2.21 bits per heavy atom. The molecule has 0 spiro atoms. The van der Waals surface area contributed by atoms with Crippen molar-refractivity contribution in [3.8, 4) is 11.5 Å². The summed E-state index contributed by atoms with van der Waals surface area (Å²) in [5, 5.41) is 23.2. The van der Waals surface area contributed by atoms with Crippen LogP contribution in [0.15, 0.2) is 18.2 Å². The average Bonchev–Trinajstić information content (AvgIpc) is 2.42. The van der Waals surface area contributed by atoms with Gasteiger partial charge in [-0.15, -0.1) is 0 Å². The molecule has 7 heteroatoms. The fraction of sp³-hybridized carbons (Fsp3) is 0.500. The van der Waals surface area contributed by atoms with Crippen LogP contribution in [0.1, 0.15) is 6.92 Å². The third-order valence-electron chi connectivity index (χ3n) is 2.42. The lowest BCUT2D eigenvalue weighted by Crippen LogP contribution is -2.31. The highest BCUT2D eigenvalue weighted by Crippen LogP contribution is 2.31. The molecule has 0 radical (unpaired) electrons. The minimum absolute atomic E-state index is 0.0719. The Bertz CT molecular complexity index is 425. The van der Waals surface area contributed by atoms with Crippen LogP contribution in [0.25, 0.3) is 0 Å². The average molecular weight is 270 g/mol. The van der Waals surface area contributed by atoms with E-state index in [9.17, 15) is 15.2 Å². The Morgan fingerprint density at radius 3 is 2.79 bits per heavy atom. The number of rotatable bonds is 8. The van der Waals surface area contributed by atoms with Gasteiger partial charge in [0.25, 0.3) is 5.69 Å². The second kappa shape index (κ2) is 7.55. The number of non-ortho nitro benzene ring substituents is 1. The summed E-state index contributed by atoms with van der Waals surface area (Å²) in [4.78, 5) is 10.1. The summed E-state index contributed by atoms with van der Waals surface area (Å²) >= 11 is 0. The van der Waals surface area contributed by atoms with Crippen molar-refractivity contribution < 1.29 is 19.5 Å². The second-order valence-electron chi connectivity index (χ2n) is 3.86. The molecule has 106 valence electrons. The number of hydrogen-bond donors (Lipinski definition) is 2. The van der Waals surface area contributed by atoms with Gasteiger partial charge in [-0.05, 0) is 12.6 Å². The summed E-state index contributed by atoms with van der Waals surface area (Å²) < 4.78 is 10.4. The van der Waals surface area contributed by atoms with E-state index in [4.69, 9.17) is 9.47 Å². The van der Waals surface area contributed by atoms with Crippen molar-refractivity contribution in [2.75, 3.05) is 26.8 Å². The van der Waals surface area contributed by atoms with Crippen LogP contribution in [0.3, 0.4) is 0 Å². The van der Waals surface area contributed by atoms with Gasteiger partial charge in [0.05, 0.1) is 18.1 Å². The molecule has 1 aromatic carbocycles. The molecule has 0 bridgehead atoms. The Morgan fingerprint density at radius 1 is 1.47 bits per heavy atom. The van der Waals surface area contributed by atoms with Gasteiger partial charge in [0.1, 0.15) is 12.7 Å². The zero-order valence-corrected chi connectivity index (χ0v) is 11.0. The number of nitro groups is 1. The minimum atomic E-state index is -0.653. The maximum absolute atomic E-state index is 10.6. The Labute approximate surface area is 111 Å². The number of benzene rings is 1. The highest BCUT2D eigenvalue weighted by Gasteiger charge is 2.13. The highest BCUT2D eigenvalue weighted by atomic mass is 16.6. The van der Waals surface area contributed by atoms with Gasteiger partial charge in [0.2, 0.25) is 0 Å². The van der Waals surface area contributed by atoms with Crippen molar-refractivity contribution in [1.82, 2.24) is 5.32 Å². The van der Waals surface area contributed by atoms with E-state index >= 15 is 0 Å². The zero-order chi connectivity index (χ0) is 14.3. The van der Waals surface area contributed by atoms with E-state index in [0.29, 0.717) is 12.3 Å². The number of nitrogens with one attached hydrogen (secondary N) is 1. The number of ether oxygens (including phenoxy) is 2. The molecule has 7 nitrogen and oxygen atoms in total. The summed E-state index contributed by atoms with van der Waals surface area (Å²) in [5.74, 6) is 0.633. The number of likely N-dealkylation sites (N-methyl/N-ethyl adjacent to an activating group) is 1. The first kappa shape index (κ1) is 15.2. The molecule has 1 rings (SSSR count). The van der Waals surface area contributed by atoms with Gasteiger partial charge in [-0.3, -0.25) is 10.1 Å². The first-order valence-electron chi connectivity index (χ1n) is 5.92. The number of aliphatic hydroxyl groups is 1. The van der Waals surface area contributed by atoms with Crippen molar-refractivity contribution in [1.29, 1.82) is 0 Å². The third kappa shape index (κ3) is 4.72. The van der Waals surface area contributed by atoms with Crippen LogP contribution in [0.5, 0.6) is 11.5 Å². The summed E-state index contributed by atoms with van der Waals surface area (Å²) in [6.07, 6.45) is -0.653. The van der Waals surface area contributed by atoms with Crippen LogP contribution >= 0.6 is 0 Å². The van der Waals surface area contributed by atoms with E-state index in [0.717, 1.165) is 6.54 Å². The molecule has 0 aliphatic rings. The standard InChI is InChI=1S/C12H18N2O5/c1-3-13-7-10(15)8-19-11-5-4-9(14(16)17)6-12(11)18-2/h4-6,10,13,15H,3,7-8H2,1-2H3. The van der Waals surface area contributed by atoms with Crippen molar-refractivity contribution in [2.24, 2.45) is 0 Å². The molecule has 0 amide bonds. The fourth-order valence-electron chi connectivity index (χ4n) is 1.44. The predicted molar refractivity (Wildman–Crippen MR) is 69.7 cm³/mol. The quantitative estimate of drug-likeness (QED) is 0.539. The number of aliphatic hydroxyl groups excluding tert-OH is 1. The van der Waals surface area contributed by atoms with E-state index < -0.39 is 11.0 Å². The zero-order valence-electron chi connectivity index (χ0n) is 11.0. The first-order valence-corrected chi connectivity index (χ1v) is 5.92. The maximum Gasteiger partial charge on any atom is 0.273 e. The van der Waals surface area contributed by atoms with Crippen molar-refractivity contribution in [3.63, 3.8) is 0 Å². The van der Waals surface area contributed by atoms with Crippen LogP contribution in [0.4, 0.5) is 5.69 Å². The van der Waals surface area contributed by atoms with E-state index in [1.54, 1.807) is 0 Å². The van der Waals surface area contributed by atoms with Gasteiger partial charge < -0.3 is 19.9 Å². The summed E-state index contributed by atoms with van der Waals surface area (Å²) in [7, 11) is 1.40. The van der Waals surface area contributed by atoms with Crippen LogP contribution in [-0.2, 0) is 0 Å². The number of hydrogen-bond acceptors (Lipinski definition) is 6. The molecule has 1 atom stereocenters. The van der Waals surface area contributed by atoms with E-state index in [-0.39, 0.29) is 18.0 Å². The normalized spacial score (nSPS) is 11.9. The highest BCUT2D eigenvalue weighted by molar-refractivity contribution is 5.48. The smallest absolute Gasteiger partial charge is 0.273 e. The topological polar surface area (TPSA) is 93.9 Å². The van der Waals surface area contributed by atoms with Crippen LogP contribution in [-0.4, -0.2) is 42.9 Å². The van der Waals surface area contributed by atoms with Crippen molar-refractivity contribution >= 4 is 5.69 Å². The van der Waals surface area contributed by atoms with Gasteiger partial charge in [-0.1, -0.05) is 6.92 Å². The largest absolute Gasteiger partial charge is 0.493 e. The molecule has 0 aliphatic heterocycles. The number of nitro benzene ring substituents is 1. The van der Waals surface area contributed by atoms with E-state index in [2.05, 4.69) is 5.32 Å². The van der Waals surface area contributed by atoms with Crippen molar-refractivity contribution in [3.05, 3.63) is 28.3 Å². The molecule has 0 saturated heterocycles. The number of methoxy groups -OCH3 is 1. The predicted octanol–water partition coefficient (Wildman–Crippen LogP) is 0.953. The fourth-order valence-corrected chi connectivity index (χ4v) is 1.44. The Hall–Kier alpha value is -1.86. The molecule has 0 fully saturated rings. The lowest BCUT2D eigenvalue weighted by atomic mass is 10.3. The third-order valence-corrected chi connectivity index (χ3v) is 2.42. The molecular formula is C12H18N2O5. The molecule has 19 heavy (non-hydrogen) atoms. The molecule has 0 heterocycles. The van der Waals surface area contributed by atoms with Gasteiger partial charge in [0.15, 0.2) is 11.5 Å². The molecular weight excluding hydrogens is 252 g/mol. The van der Waals surface area contributed by atoms with Crippen LogP contribution in [0.2, 0.25) is 0 Å². The summed E-state index contributed by atoms with van der Waals surface area (Å²) in [6, 6.07) is 4.07. The molecule has 0 aliphatic carbocycles. The molecule has 0 saturated carbocycles. The maximum atomic E-state index is 10.6. The summed E-state index contributed by atoms with van der Waals surface area (Å²) in [5.41, 5.74) is -0.0719. The van der Waals surface area contributed by atoms with Crippen LogP contribution in [0, 0.1) is 10.1 Å². The monoisotopic (exact) mass is 270 g/mol. The van der Waals surface area contributed by atoms with Crippen molar-refractivity contribution in [2.45, 2.75) is 13.0 Å².